The maximum atomic E-state index is 13.3. The van der Waals surface area contributed by atoms with Gasteiger partial charge in [0.05, 0.1) is 35.2 Å². The Balaban J connectivity index is 1.08. The molecule has 6 rings (SSSR count). The Bertz CT molecular complexity index is 1770. The highest BCUT2D eigenvalue weighted by Crippen LogP contribution is 2.37. The van der Waals surface area contributed by atoms with E-state index in [1.807, 2.05) is 0 Å². The minimum absolute atomic E-state index is 0.141. The summed E-state index contributed by atoms with van der Waals surface area (Å²) in [6, 6.07) is 24.0. The summed E-state index contributed by atoms with van der Waals surface area (Å²) >= 11 is 0. The Morgan fingerprint density at radius 3 is 1.57 bits per heavy atom. The molecule has 254 valence electrons. The third-order valence-corrected chi connectivity index (χ3v) is 8.43. The second-order valence-electron chi connectivity index (χ2n) is 11.0. The summed E-state index contributed by atoms with van der Waals surface area (Å²) in [7, 11) is 2.51. The van der Waals surface area contributed by atoms with Crippen molar-refractivity contribution in [1.82, 2.24) is 0 Å². The van der Waals surface area contributed by atoms with Gasteiger partial charge in [0.2, 0.25) is 0 Å². The van der Waals surface area contributed by atoms with Gasteiger partial charge < -0.3 is 43.8 Å². The molecule has 2 aliphatic heterocycles. The number of nitrogens with two attached hydrogens (primary N) is 3. The van der Waals surface area contributed by atoms with Gasteiger partial charge in [0.1, 0.15) is 41.3 Å². The lowest BCUT2D eigenvalue weighted by Gasteiger charge is -2.47. The lowest BCUT2D eigenvalue weighted by Crippen LogP contribution is -2.64. The Hall–Kier alpha value is -4.92. The minimum Gasteiger partial charge on any atom is -0.454 e. The van der Waals surface area contributed by atoms with Crippen molar-refractivity contribution >= 4 is 27.1 Å². The summed E-state index contributed by atoms with van der Waals surface area (Å²) in [5, 5.41) is 0. The Morgan fingerprint density at radius 2 is 1.08 bits per heavy atom. The molecule has 7 unspecified atom stereocenters. The second kappa shape index (κ2) is 15.1. The van der Waals surface area contributed by atoms with Crippen LogP contribution in [0.1, 0.15) is 42.9 Å². The molecule has 2 saturated heterocycles. The molecule has 0 bridgehead atoms. The second-order valence-corrected chi connectivity index (χ2v) is 11.7. The topological polar surface area (TPSA) is 203 Å². The predicted octanol–water partition coefficient (Wildman–Crippen LogP) is 3.20. The molecule has 6 N–H and O–H groups in total. The molecule has 15 heteroatoms. The van der Waals surface area contributed by atoms with E-state index in [4.69, 9.17) is 45.9 Å². The standard InChI is InChI=1S/C34H32N3O11P/c35-27-29(45-32(40)20-1-9-22(10-2-20)42-30(38)18-3-13-24(47-36)14-4-18)28-26(44-34(27)49)17-41-33(46-28)21-7-11-23(12-8-21)43-31(39)19-5-15-25(48-37)16-6-19/h1-16,26-29,33-34H,17,35-37,49H2. The molecule has 49 heavy (non-hydrogen) atoms. The lowest BCUT2D eigenvalue weighted by molar-refractivity contribution is -0.304. The fourth-order valence-electron chi connectivity index (χ4n) is 5.19. The number of ether oxygens (including phenoxy) is 6. The molecule has 4 aromatic carbocycles. The molecular weight excluding hydrogens is 657 g/mol. The van der Waals surface area contributed by atoms with Crippen LogP contribution in [0.3, 0.4) is 0 Å². The van der Waals surface area contributed by atoms with Gasteiger partial charge in [-0.3, -0.25) is 0 Å². The summed E-state index contributed by atoms with van der Waals surface area (Å²) in [5.74, 6) is 9.21. The van der Waals surface area contributed by atoms with Crippen molar-refractivity contribution in [3.8, 4) is 23.0 Å². The largest absolute Gasteiger partial charge is 0.454 e. The molecule has 0 amide bonds. The number of hydrogen-bond donors (Lipinski definition) is 3. The monoisotopic (exact) mass is 689 g/mol. The van der Waals surface area contributed by atoms with E-state index in [1.165, 1.54) is 60.7 Å². The number of rotatable bonds is 9. The van der Waals surface area contributed by atoms with Crippen LogP contribution in [0.25, 0.3) is 0 Å². The molecule has 0 aliphatic carbocycles. The van der Waals surface area contributed by atoms with Crippen molar-refractivity contribution < 1.29 is 52.5 Å². The van der Waals surface area contributed by atoms with Crippen molar-refractivity contribution in [2.45, 2.75) is 36.5 Å². The van der Waals surface area contributed by atoms with Crippen LogP contribution < -0.4 is 36.7 Å². The Morgan fingerprint density at radius 1 is 0.633 bits per heavy atom. The van der Waals surface area contributed by atoms with E-state index in [0.717, 1.165) is 0 Å². The van der Waals surface area contributed by atoms with Gasteiger partial charge in [0, 0.05) is 5.56 Å². The minimum atomic E-state index is -0.894. The summed E-state index contributed by atoms with van der Waals surface area (Å²) in [6.45, 7) is 0.141. The van der Waals surface area contributed by atoms with Gasteiger partial charge in [-0.15, -0.1) is 9.24 Å². The van der Waals surface area contributed by atoms with Crippen molar-refractivity contribution in [1.29, 1.82) is 0 Å². The van der Waals surface area contributed by atoms with Crippen molar-refractivity contribution in [3.63, 3.8) is 0 Å². The normalized spacial score (nSPS) is 23.0. The maximum absolute atomic E-state index is 13.3. The molecule has 0 aromatic heterocycles. The smallest absolute Gasteiger partial charge is 0.343 e. The molecule has 0 spiro atoms. The van der Waals surface area contributed by atoms with E-state index in [2.05, 4.69) is 18.9 Å². The fourth-order valence-corrected chi connectivity index (χ4v) is 5.61. The highest BCUT2D eigenvalue weighted by Gasteiger charge is 2.49. The van der Waals surface area contributed by atoms with Gasteiger partial charge in [-0.05, 0) is 84.9 Å². The molecule has 2 heterocycles. The van der Waals surface area contributed by atoms with Crippen LogP contribution in [0.5, 0.6) is 23.0 Å². The number of carbonyl (C=O) groups is 3. The fraction of sp³-hybridized carbons (Fsp3) is 0.206. The average molecular weight is 690 g/mol. The van der Waals surface area contributed by atoms with Crippen molar-refractivity contribution in [3.05, 3.63) is 119 Å². The summed E-state index contributed by atoms with van der Waals surface area (Å²) < 4.78 is 35.0. The highest BCUT2D eigenvalue weighted by atomic mass is 31.0. The predicted molar refractivity (Wildman–Crippen MR) is 174 cm³/mol. The van der Waals surface area contributed by atoms with Crippen LogP contribution in [0, 0.1) is 0 Å². The van der Waals surface area contributed by atoms with Crippen LogP contribution in [0.4, 0.5) is 0 Å². The van der Waals surface area contributed by atoms with Crippen molar-refractivity contribution in [2.75, 3.05) is 6.61 Å². The zero-order valence-electron chi connectivity index (χ0n) is 25.7. The Labute approximate surface area is 282 Å². The van der Waals surface area contributed by atoms with Crippen LogP contribution in [-0.4, -0.2) is 54.7 Å². The van der Waals surface area contributed by atoms with Crippen molar-refractivity contribution in [2.24, 2.45) is 17.5 Å². The van der Waals surface area contributed by atoms with E-state index in [0.29, 0.717) is 28.4 Å². The summed E-state index contributed by atoms with van der Waals surface area (Å²) in [6.07, 6.45) is -3.07. The first-order chi connectivity index (χ1) is 23.7. The number of carbonyl (C=O) groups excluding carboxylic acids is 3. The summed E-state index contributed by atoms with van der Waals surface area (Å²) in [4.78, 5) is 47.5. The molecule has 7 atom stereocenters. The highest BCUT2D eigenvalue weighted by molar-refractivity contribution is 7.17. The van der Waals surface area contributed by atoms with E-state index < -0.39 is 54.4 Å². The lowest BCUT2D eigenvalue weighted by atomic mass is 9.97. The van der Waals surface area contributed by atoms with E-state index in [9.17, 15) is 14.4 Å². The third-order valence-electron chi connectivity index (χ3n) is 7.83. The SMILES string of the molecule is NOc1ccc(C(=O)Oc2ccc(C(=O)OC3C(N)C(P)OC4COC(c5ccc(OC(=O)c6ccc(ON)cc6)cc5)OC43)cc2)cc1. The molecule has 4 aromatic rings. The van der Waals surface area contributed by atoms with Crippen LogP contribution in [0.15, 0.2) is 97.1 Å². The first-order valence-electron chi connectivity index (χ1n) is 14.9. The first kappa shape index (κ1) is 34.0. The van der Waals surface area contributed by atoms with Crippen LogP contribution in [-0.2, 0) is 18.9 Å². The zero-order valence-corrected chi connectivity index (χ0v) is 26.9. The van der Waals surface area contributed by atoms with Gasteiger partial charge in [-0.2, -0.15) is 11.8 Å². The third kappa shape index (κ3) is 7.88. The molecular formula is C34H32N3O11P. The van der Waals surface area contributed by atoms with Gasteiger partial charge in [0.15, 0.2) is 6.29 Å². The zero-order chi connectivity index (χ0) is 34.5. The van der Waals surface area contributed by atoms with Crippen LogP contribution in [0.2, 0.25) is 0 Å². The van der Waals surface area contributed by atoms with Crippen LogP contribution >= 0.6 is 9.24 Å². The quantitative estimate of drug-likeness (QED) is 0.100. The molecule has 14 nitrogen and oxygen atoms in total. The number of hydrogen-bond acceptors (Lipinski definition) is 14. The maximum Gasteiger partial charge on any atom is 0.343 e. The molecule has 2 fully saturated rings. The number of benzene rings is 4. The van der Waals surface area contributed by atoms with E-state index in [-0.39, 0.29) is 23.5 Å². The molecule has 0 radical (unpaired) electrons. The van der Waals surface area contributed by atoms with Gasteiger partial charge in [0.25, 0.3) is 0 Å². The van der Waals surface area contributed by atoms with E-state index >= 15 is 0 Å². The first-order valence-corrected chi connectivity index (χ1v) is 15.6. The van der Waals surface area contributed by atoms with Gasteiger partial charge in [-0.1, -0.05) is 12.1 Å². The molecule has 0 saturated carbocycles. The average Bonchev–Trinajstić information content (AvgIpc) is 3.14. The van der Waals surface area contributed by atoms with Gasteiger partial charge in [-0.25, -0.2) is 14.4 Å². The number of esters is 3. The Kier molecular flexibility index (Phi) is 10.5. The number of fused-ring (bicyclic) bond motifs is 1. The van der Waals surface area contributed by atoms with Gasteiger partial charge >= 0.3 is 17.9 Å². The van der Waals surface area contributed by atoms with E-state index in [1.54, 1.807) is 36.4 Å². The molecule has 2 aliphatic rings. The summed E-state index contributed by atoms with van der Waals surface area (Å²) in [5.41, 5.74) is 7.88.